The Labute approximate surface area is 198 Å². The lowest BCUT2D eigenvalue weighted by atomic mass is 10.1. The van der Waals surface area contributed by atoms with Crippen LogP contribution in [0.5, 0.6) is 0 Å². The minimum absolute atomic E-state index is 0.176. The first-order valence-electron chi connectivity index (χ1n) is 10.0. The molecule has 0 saturated heterocycles. The fourth-order valence-electron chi connectivity index (χ4n) is 3.64. The fourth-order valence-corrected chi connectivity index (χ4v) is 3.94. The zero-order valence-electron chi connectivity index (χ0n) is 17.0. The van der Waals surface area contributed by atoms with Crippen LogP contribution >= 0.6 is 23.2 Å². The number of benzene rings is 3. The molecule has 33 heavy (non-hydrogen) atoms. The minimum atomic E-state index is -0.287. The van der Waals surface area contributed by atoms with Crippen molar-refractivity contribution in [1.29, 1.82) is 0 Å². The van der Waals surface area contributed by atoms with Gasteiger partial charge in [0.15, 0.2) is 0 Å². The van der Waals surface area contributed by atoms with Gasteiger partial charge in [-0.05, 0) is 54.6 Å². The highest BCUT2D eigenvalue weighted by atomic mass is 35.5. The van der Waals surface area contributed by atoms with Crippen LogP contribution in [0.25, 0.3) is 21.8 Å². The molecule has 0 saturated carbocycles. The molecule has 0 bridgehead atoms. The van der Waals surface area contributed by atoms with E-state index in [2.05, 4.69) is 20.6 Å². The van der Waals surface area contributed by atoms with E-state index in [0.717, 1.165) is 22.1 Å². The van der Waals surface area contributed by atoms with Gasteiger partial charge in [-0.2, -0.15) is 0 Å². The van der Waals surface area contributed by atoms with Crippen molar-refractivity contribution in [2.75, 3.05) is 10.6 Å². The van der Waals surface area contributed by atoms with Gasteiger partial charge in [0, 0.05) is 39.3 Å². The molecule has 3 aromatic carbocycles. The number of amides is 1. The molecule has 0 unspecified atom stereocenters. The van der Waals surface area contributed by atoms with Gasteiger partial charge < -0.3 is 15.6 Å². The van der Waals surface area contributed by atoms with Crippen molar-refractivity contribution < 1.29 is 4.79 Å². The van der Waals surface area contributed by atoms with Crippen molar-refractivity contribution in [2.24, 2.45) is 0 Å². The van der Waals surface area contributed by atoms with Gasteiger partial charge in [-0.3, -0.25) is 9.59 Å². The Morgan fingerprint density at radius 3 is 2.33 bits per heavy atom. The first-order chi connectivity index (χ1) is 16.0. The van der Waals surface area contributed by atoms with E-state index in [9.17, 15) is 9.59 Å². The quantitative estimate of drug-likeness (QED) is 0.263. The fraction of sp³-hybridized carbons (Fsp3) is 0. The smallest absolute Gasteiger partial charge is 0.257 e. The number of rotatable bonds is 4. The van der Waals surface area contributed by atoms with Crippen LogP contribution in [0, 0.1) is 0 Å². The lowest BCUT2D eigenvalue weighted by Crippen LogP contribution is -2.11. The normalized spacial score (nSPS) is 11.0. The Hall–Kier alpha value is -3.87. The summed E-state index contributed by atoms with van der Waals surface area (Å²) >= 11 is 11.9. The molecule has 2 heterocycles. The van der Waals surface area contributed by atoms with E-state index in [1.807, 2.05) is 36.4 Å². The van der Waals surface area contributed by atoms with Gasteiger partial charge in [0.2, 0.25) is 0 Å². The Morgan fingerprint density at radius 1 is 0.848 bits per heavy atom. The molecule has 8 heteroatoms. The van der Waals surface area contributed by atoms with Crippen molar-refractivity contribution >= 4 is 68.0 Å². The zero-order valence-corrected chi connectivity index (χ0v) is 18.5. The Kier molecular flexibility index (Phi) is 5.46. The maximum Gasteiger partial charge on any atom is 0.257 e. The van der Waals surface area contributed by atoms with Crippen LogP contribution in [0.1, 0.15) is 10.4 Å². The first-order valence-corrected chi connectivity index (χ1v) is 10.8. The molecule has 6 nitrogen and oxygen atoms in total. The standard InChI is InChI=1S/C25H16Cl2N4O2/c26-19-10-5-14(13-20(19)27)24(32)30-16-8-6-15(7-9-16)29-21-11-12-28-23-22(21)17-3-1-2-4-18(17)25(33)31-23/h1-13H,(H,30,32)(H2,28,29,31,33). The van der Waals surface area contributed by atoms with Gasteiger partial charge in [-0.15, -0.1) is 0 Å². The number of aromatic nitrogens is 2. The van der Waals surface area contributed by atoms with Crippen LogP contribution in [0.15, 0.2) is 83.8 Å². The van der Waals surface area contributed by atoms with Gasteiger partial charge in [0.1, 0.15) is 5.65 Å². The number of hydrogen-bond donors (Lipinski definition) is 3. The van der Waals surface area contributed by atoms with Crippen LogP contribution in [-0.2, 0) is 0 Å². The molecule has 0 aliphatic carbocycles. The molecule has 162 valence electrons. The molecule has 0 aliphatic heterocycles. The molecule has 0 atom stereocenters. The largest absolute Gasteiger partial charge is 0.355 e. The van der Waals surface area contributed by atoms with Crippen molar-refractivity contribution in [1.82, 2.24) is 9.97 Å². The average Bonchev–Trinajstić information content (AvgIpc) is 2.82. The number of nitrogens with zero attached hydrogens (tertiary/aromatic N) is 1. The van der Waals surface area contributed by atoms with Gasteiger partial charge in [0.05, 0.1) is 15.7 Å². The Bertz CT molecular complexity index is 1580. The molecule has 3 N–H and O–H groups in total. The number of nitrogens with one attached hydrogen (secondary N) is 3. The van der Waals surface area contributed by atoms with Crippen molar-refractivity contribution in [3.05, 3.63) is 105 Å². The van der Waals surface area contributed by atoms with Crippen molar-refractivity contribution in [3.63, 3.8) is 0 Å². The lowest BCUT2D eigenvalue weighted by molar-refractivity contribution is 0.102. The Balaban J connectivity index is 1.42. The third kappa shape index (κ3) is 4.14. The molecule has 0 spiro atoms. The second-order valence-corrected chi connectivity index (χ2v) is 8.18. The van der Waals surface area contributed by atoms with Crippen molar-refractivity contribution in [2.45, 2.75) is 0 Å². The number of carbonyl (C=O) groups excluding carboxylic acids is 1. The van der Waals surface area contributed by atoms with E-state index in [1.165, 1.54) is 6.07 Å². The van der Waals surface area contributed by atoms with Crippen LogP contribution in [0.3, 0.4) is 0 Å². The first kappa shape index (κ1) is 21.0. The van der Waals surface area contributed by atoms with E-state index in [1.54, 1.807) is 36.5 Å². The molecule has 5 aromatic rings. The van der Waals surface area contributed by atoms with E-state index < -0.39 is 0 Å². The molecule has 1 amide bonds. The van der Waals surface area contributed by atoms with E-state index in [4.69, 9.17) is 23.2 Å². The zero-order chi connectivity index (χ0) is 22.9. The average molecular weight is 475 g/mol. The van der Waals surface area contributed by atoms with Crippen LogP contribution in [0.2, 0.25) is 10.0 Å². The number of anilines is 3. The van der Waals surface area contributed by atoms with E-state index in [0.29, 0.717) is 32.3 Å². The molecule has 0 radical (unpaired) electrons. The second kappa shape index (κ2) is 8.58. The van der Waals surface area contributed by atoms with Gasteiger partial charge in [-0.1, -0.05) is 41.4 Å². The molecule has 2 aromatic heterocycles. The monoisotopic (exact) mass is 474 g/mol. The maximum absolute atomic E-state index is 12.5. The predicted molar refractivity (Wildman–Crippen MR) is 134 cm³/mol. The van der Waals surface area contributed by atoms with Gasteiger partial charge >= 0.3 is 0 Å². The van der Waals surface area contributed by atoms with Crippen LogP contribution in [-0.4, -0.2) is 15.9 Å². The maximum atomic E-state index is 12.5. The molecular weight excluding hydrogens is 459 g/mol. The number of H-pyrrole nitrogens is 1. The molecule has 0 fully saturated rings. The molecule has 5 rings (SSSR count). The number of fused-ring (bicyclic) bond motifs is 3. The minimum Gasteiger partial charge on any atom is -0.355 e. The summed E-state index contributed by atoms with van der Waals surface area (Å²) in [4.78, 5) is 32.0. The SMILES string of the molecule is O=C(Nc1ccc(Nc2ccnc3[nH]c(=O)c4ccccc4c23)cc1)c1ccc(Cl)c(Cl)c1. The summed E-state index contributed by atoms with van der Waals surface area (Å²) in [7, 11) is 0. The van der Waals surface area contributed by atoms with Crippen molar-refractivity contribution in [3.8, 4) is 0 Å². The second-order valence-electron chi connectivity index (χ2n) is 7.37. The van der Waals surface area contributed by atoms with Crippen LogP contribution < -0.4 is 16.2 Å². The summed E-state index contributed by atoms with van der Waals surface area (Å²) in [5.41, 5.74) is 2.99. The summed E-state index contributed by atoms with van der Waals surface area (Å²) in [6.07, 6.45) is 1.64. The number of hydrogen-bond acceptors (Lipinski definition) is 4. The van der Waals surface area contributed by atoms with Gasteiger partial charge in [0.25, 0.3) is 11.5 Å². The number of aromatic amines is 1. The Morgan fingerprint density at radius 2 is 1.58 bits per heavy atom. The third-order valence-corrected chi connectivity index (χ3v) is 5.97. The molecular formula is C25H16Cl2N4O2. The molecule has 0 aliphatic rings. The number of halogens is 2. The summed E-state index contributed by atoms with van der Waals surface area (Å²) in [6, 6.07) is 21.3. The highest BCUT2D eigenvalue weighted by Crippen LogP contribution is 2.30. The highest BCUT2D eigenvalue weighted by molar-refractivity contribution is 6.42. The number of pyridine rings is 2. The summed E-state index contributed by atoms with van der Waals surface area (Å²) < 4.78 is 0. The highest BCUT2D eigenvalue weighted by Gasteiger charge is 2.11. The summed E-state index contributed by atoms with van der Waals surface area (Å²) in [5.74, 6) is -0.287. The van der Waals surface area contributed by atoms with E-state index >= 15 is 0 Å². The lowest BCUT2D eigenvalue weighted by Gasteiger charge is -2.12. The summed E-state index contributed by atoms with van der Waals surface area (Å²) in [5, 5.41) is 9.17. The topological polar surface area (TPSA) is 86.9 Å². The third-order valence-electron chi connectivity index (χ3n) is 5.23. The number of carbonyl (C=O) groups is 1. The summed E-state index contributed by atoms with van der Waals surface area (Å²) in [6.45, 7) is 0. The predicted octanol–water partition coefficient (Wildman–Crippen LogP) is 6.38. The van der Waals surface area contributed by atoms with Gasteiger partial charge in [-0.25, -0.2) is 4.98 Å². The van der Waals surface area contributed by atoms with E-state index in [-0.39, 0.29) is 11.5 Å². The van der Waals surface area contributed by atoms with Crippen LogP contribution in [0.4, 0.5) is 17.1 Å².